The Labute approximate surface area is 193 Å². The van der Waals surface area contributed by atoms with E-state index >= 15 is 0 Å². The van der Waals surface area contributed by atoms with Crippen molar-refractivity contribution in [3.8, 4) is 0 Å². The number of ether oxygens (including phenoxy) is 2. The molecule has 4 rings (SSSR count). The quantitative estimate of drug-likeness (QED) is 0.600. The molecule has 3 N–H and O–H groups in total. The Hall–Kier alpha value is -2.44. The average Bonchev–Trinajstić information content (AvgIpc) is 3.25. The lowest BCUT2D eigenvalue weighted by Gasteiger charge is -2.33. The summed E-state index contributed by atoms with van der Waals surface area (Å²) in [5.41, 5.74) is 0.916. The van der Waals surface area contributed by atoms with Crippen LogP contribution in [0, 0.1) is 6.92 Å². The van der Waals surface area contributed by atoms with Gasteiger partial charge in [0, 0.05) is 38.4 Å². The minimum Gasteiger partial charge on any atom is -0.465 e. The van der Waals surface area contributed by atoms with Crippen molar-refractivity contribution in [2.75, 3.05) is 64.1 Å². The molecule has 1 atom stereocenters. The number of nitrogens with zero attached hydrogens (tertiary/aromatic N) is 2. The lowest BCUT2D eigenvalue weighted by Crippen LogP contribution is -2.44. The standard InChI is InChI=1S/C22H30N4O6S/c1-16-2-5-21(32-16)20(26-8-12-31-13-9-26)15-24-22(27)18-14-17(33(23,28)29)3-4-19(18)25-6-10-30-11-7-25/h2-5,14,20H,6-13,15H2,1H3,(H,24,27)(H2,23,28,29). The Kier molecular flexibility index (Phi) is 7.35. The summed E-state index contributed by atoms with van der Waals surface area (Å²) in [5, 5.41) is 8.32. The van der Waals surface area contributed by atoms with Gasteiger partial charge in [-0.3, -0.25) is 9.69 Å². The van der Waals surface area contributed by atoms with Gasteiger partial charge in [0.25, 0.3) is 5.91 Å². The number of hydrogen-bond acceptors (Lipinski definition) is 8. The van der Waals surface area contributed by atoms with Crippen LogP contribution in [0.4, 0.5) is 5.69 Å². The number of primary sulfonamides is 1. The van der Waals surface area contributed by atoms with Crippen molar-refractivity contribution in [1.82, 2.24) is 10.2 Å². The number of hydrogen-bond donors (Lipinski definition) is 2. The molecule has 0 aliphatic carbocycles. The van der Waals surface area contributed by atoms with E-state index in [-0.39, 0.29) is 22.4 Å². The smallest absolute Gasteiger partial charge is 0.253 e. The van der Waals surface area contributed by atoms with Crippen LogP contribution in [-0.2, 0) is 19.5 Å². The first kappa shape index (κ1) is 23.7. The van der Waals surface area contributed by atoms with Crippen molar-refractivity contribution in [3.63, 3.8) is 0 Å². The summed E-state index contributed by atoms with van der Waals surface area (Å²) < 4.78 is 40.6. The minimum atomic E-state index is -3.96. The molecular weight excluding hydrogens is 448 g/mol. The fourth-order valence-electron chi connectivity index (χ4n) is 4.17. The third kappa shape index (κ3) is 5.74. The van der Waals surface area contributed by atoms with Crippen LogP contribution in [0.15, 0.2) is 39.6 Å². The number of nitrogens with one attached hydrogen (secondary N) is 1. The molecule has 1 aromatic carbocycles. The molecule has 0 bridgehead atoms. The number of carbonyl (C=O) groups excluding carboxylic acids is 1. The van der Waals surface area contributed by atoms with E-state index in [2.05, 4.69) is 10.2 Å². The summed E-state index contributed by atoms with van der Waals surface area (Å²) in [6, 6.07) is 8.06. The molecule has 0 spiro atoms. The topological polar surface area (TPSA) is 127 Å². The highest BCUT2D eigenvalue weighted by Gasteiger charge is 2.27. The number of amides is 1. The van der Waals surface area contributed by atoms with E-state index in [1.54, 1.807) is 6.07 Å². The molecular formula is C22H30N4O6S. The number of morpholine rings is 2. The molecule has 10 nitrogen and oxygen atoms in total. The van der Waals surface area contributed by atoms with Gasteiger partial charge in [0.05, 0.1) is 42.9 Å². The number of aryl methyl sites for hydroxylation is 1. The van der Waals surface area contributed by atoms with E-state index in [1.165, 1.54) is 12.1 Å². The molecule has 33 heavy (non-hydrogen) atoms. The van der Waals surface area contributed by atoms with Crippen LogP contribution < -0.4 is 15.4 Å². The second-order valence-corrected chi connectivity index (χ2v) is 9.71. The summed E-state index contributed by atoms with van der Waals surface area (Å²) >= 11 is 0. The lowest BCUT2D eigenvalue weighted by molar-refractivity contribution is 0.0117. The van der Waals surface area contributed by atoms with Gasteiger partial charge in [0.15, 0.2) is 0 Å². The van der Waals surface area contributed by atoms with Crippen molar-refractivity contribution in [2.24, 2.45) is 5.14 Å². The molecule has 0 saturated carbocycles. The van der Waals surface area contributed by atoms with Crippen LogP contribution in [0.25, 0.3) is 0 Å². The van der Waals surface area contributed by atoms with Crippen molar-refractivity contribution in [1.29, 1.82) is 0 Å². The first-order valence-electron chi connectivity index (χ1n) is 11.0. The van der Waals surface area contributed by atoms with Crippen LogP contribution in [-0.4, -0.2) is 78.4 Å². The molecule has 1 aromatic heterocycles. The van der Waals surface area contributed by atoms with Crippen molar-refractivity contribution < 1.29 is 27.1 Å². The third-order valence-electron chi connectivity index (χ3n) is 5.92. The zero-order chi connectivity index (χ0) is 23.4. The van der Waals surface area contributed by atoms with Gasteiger partial charge in [-0.15, -0.1) is 0 Å². The summed E-state index contributed by atoms with van der Waals surface area (Å²) in [5.74, 6) is 1.19. The molecule has 3 heterocycles. The Morgan fingerprint density at radius 2 is 1.73 bits per heavy atom. The highest BCUT2D eigenvalue weighted by Crippen LogP contribution is 2.27. The summed E-state index contributed by atoms with van der Waals surface area (Å²) in [7, 11) is -3.96. The third-order valence-corrected chi connectivity index (χ3v) is 6.84. The largest absolute Gasteiger partial charge is 0.465 e. The molecule has 1 amide bonds. The zero-order valence-electron chi connectivity index (χ0n) is 18.7. The molecule has 180 valence electrons. The van der Waals surface area contributed by atoms with Gasteiger partial charge in [-0.2, -0.15) is 0 Å². The number of nitrogens with two attached hydrogens (primary N) is 1. The number of furan rings is 1. The maximum Gasteiger partial charge on any atom is 0.253 e. The number of benzene rings is 1. The molecule has 2 aromatic rings. The van der Waals surface area contributed by atoms with Crippen LogP contribution in [0.1, 0.15) is 27.9 Å². The molecule has 11 heteroatoms. The molecule has 2 aliphatic rings. The molecule has 2 saturated heterocycles. The van der Waals surface area contributed by atoms with Crippen LogP contribution in [0.5, 0.6) is 0 Å². The van der Waals surface area contributed by atoms with E-state index < -0.39 is 10.0 Å². The SMILES string of the molecule is Cc1ccc(C(CNC(=O)c2cc(S(N)(=O)=O)ccc2N2CCOCC2)N2CCOCC2)o1. The van der Waals surface area contributed by atoms with E-state index in [0.29, 0.717) is 51.7 Å². The minimum absolute atomic E-state index is 0.101. The summed E-state index contributed by atoms with van der Waals surface area (Å²) in [6.45, 7) is 7.14. The van der Waals surface area contributed by atoms with Crippen LogP contribution >= 0.6 is 0 Å². The maximum atomic E-state index is 13.3. The van der Waals surface area contributed by atoms with Crippen molar-refractivity contribution >= 4 is 21.6 Å². The average molecular weight is 479 g/mol. The molecule has 0 radical (unpaired) electrons. The number of carbonyl (C=O) groups is 1. The Bertz CT molecular complexity index is 1070. The first-order chi connectivity index (χ1) is 15.8. The van der Waals surface area contributed by atoms with E-state index in [0.717, 1.165) is 24.6 Å². The van der Waals surface area contributed by atoms with E-state index in [1.807, 2.05) is 24.0 Å². The zero-order valence-corrected chi connectivity index (χ0v) is 19.5. The predicted octanol–water partition coefficient (Wildman–Crippen LogP) is 0.875. The number of rotatable bonds is 7. The second kappa shape index (κ2) is 10.2. The summed E-state index contributed by atoms with van der Waals surface area (Å²) in [4.78, 5) is 17.5. The Morgan fingerprint density at radius 1 is 1.06 bits per heavy atom. The summed E-state index contributed by atoms with van der Waals surface area (Å²) in [6.07, 6.45) is 0. The Balaban J connectivity index is 1.58. The highest BCUT2D eigenvalue weighted by molar-refractivity contribution is 7.89. The lowest BCUT2D eigenvalue weighted by atomic mass is 10.1. The number of sulfonamides is 1. The second-order valence-electron chi connectivity index (χ2n) is 8.15. The Morgan fingerprint density at radius 3 is 2.33 bits per heavy atom. The van der Waals surface area contributed by atoms with Gasteiger partial charge in [0.2, 0.25) is 10.0 Å². The van der Waals surface area contributed by atoms with Gasteiger partial charge in [0.1, 0.15) is 11.5 Å². The van der Waals surface area contributed by atoms with Gasteiger partial charge in [-0.05, 0) is 37.3 Å². The fourth-order valence-corrected chi connectivity index (χ4v) is 4.71. The van der Waals surface area contributed by atoms with E-state index in [4.69, 9.17) is 19.0 Å². The predicted molar refractivity (Wildman–Crippen MR) is 122 cm³/mol. The molecule has 1 unspecified atom stereocenters. The first-order valence-corrected chi connectivity index (χ1v) is 12.5. The molecule has 2 aliphatic heterocycles. The van der Waals surface area contributed by atoms with Crippen LogP contribution in [0.2, 0.25) is 0 Å². The van der Waals surface area contributed by atoms with Gasteiger partial charge < -0.3 is 24.1 Å². The van der Waals surface area contributed by atoms with E-state index in [9.17, 15) is 13.2 Å². The van der Waals surface area contributed by atoms with Gasteiger partial charge >= 0.3 is 0 Å². The number of anilines is 1. The highest BCUT2D eigenvalue weighted by atomic mass is 32.2. The van der Waals surface area contributed by atoms with Crippen molar-refractivity contribution in [3.05, 3.63) is 47.4 Å². The molecule has 2 fully saturated rings. The van der Waals surface area contributed by atoms with Crippen molar-refractivity contribution in [2.45, 2.75) is 17.9 Å². The normalized spacial score (nSPS) is 18.8. The van der Waals surface area contributed by atoms with Crippen LogP contribution in [0.3, 0.4) is 0 Å². The maximum absolute atomic E-state index is 13.3. The monoisotopic (exact) mass is 478 g/mol. The fraction of sp³-hybridized carbons (Fsp3) is 0.500. The van der Waals surface area contributed by atoms with Gasteiger partial charge in [-0.25, -0.2) is 13.6 Å². The van der Waals surface area contributed by atoms with Gasteiger partial charge in [-0.1, -0.05) is 0 Å².